The van der Waals surface area contributed by atoms with Crippen molar-refractivity contribution < 1.29 is 18.3 Å². The molecule has 5 nitrogen and oxygen atoms in total. The van der Waals surface area contributed by atoms with Gasteiger partial charge in [-0.05, 0) is 54.7 Å². The van der Waals surface area contributed by atoms with Gasteiger partial charge in [-0.1, -0.05) is 24.3 Å². The van der Waals surface area contributed by atoms with Gasteiger partial charge in [0.15, 0.2) is 0 Å². The number of halogens is 2. The maximum atomic E-state index is 12.8. The van der Waals surface area contributed by atoms with Gasteiger partial charge in [0.1, 0.15) is 5.75 Å². The molecule has 2 aromatic rings. The third-order valence-electron chi connectivity index (χ3n) is 5.64. The quantitative estimate of drug-likeness (QED) is 0.835. The first-order valence-corrected chi connectivity index (χ1v) is 10.0. The van der Waals surface area contributed by atoms with Crippen molar-refractivity contribution in [1.82, 2.24) is 10.2 Å². The molecule has 2 aromatic carbocycles. The summed E-state index contributed by atoms with van der Waals surface area (Å²) >= 11 is 0. The van der Waals surface area contributed by atoms with Crippen molar-refractivity contribution in [2.75, 3.05) is 31.1 Å². The van der Waals surface area contributed by atoms with E-state index < -0.39 is 6.61 Å². The Balaban J connectivity index is 1.36. The molecule has 7 heteroatoms. The summed E-state index contributed by atoms with van der Waals surface area (Å²) in [5.41, 5.74) is 3.14. The second kappa shape index (κ2) is 8.68. The number of hydrogen-bond acceptors (Lipinski definition) is 3. The molecule has 1 unspecified atom stereocenters. The number of anilines is 1. The molecule has 0 aromatic heterocycles. The SMILES string of the molecule is O=C(NC1CCCc2cc(OC(F)F)ccc21)N1CCN(c2ccccc2)CC1. The number of rotatable bonds is 4. The summed E-state index contributed by atoms with van der Waals surface area (Å²) in [6.45, 7) is 0.102. The Morgan fingerprint density at radius 1 is 1.07 bits per heavy atom. The molecular weight excluding hydrogens is 376 g/mol. The predicted molar refractivity (Wildman–Crippen MR) is 108 cm³/mol. The molecule has 1 heterocycles. The van der Waals surface area contributed by atoms with E-state index in [-0.39, 0.29) is 17.8 Å². The summed E-state index contributed by atoms with van der Waals surface area (Å²) in [7, 11) is 0. The highest BCUT2D eigenvalue weighted by molar-refractivity contribution is 5.75. The number of piperazine rings is 1. The molecule has 1 fully saturated rings. The van der Waals surface area contributed by atoms with Crippen LogP contribution < -0.4 is 15.0 Å². The monoisotopic (exact) mass is 401 g/mol. The van der Waals surface area contributed by atoms with Gasteiger partial charge in [-0.15, -0.1) is 0 Å². The van der Waals surface area contributed by atoms with E-state index in [0.29, 0.717) is 13.1 Å². The van der Waals surface area contributed by atoms with Gasteiger partial charge >= 0.3 is 12.6 Å². The van der Waals surface area contributed by atoms with E-state index >= 15 is 0 Å². The molecule has 1 saturated heterocycles. The maximum Gasteiger partial charge on any atom is 0.387 e. The molecule has 1 aliphatic heterocycles. The van der Waals surface area contributed by atoms with Crippen LogP contribution in [0.5, 0.6) is 5.75 Å². The highest BCUT2D eigenvalue weighted by atomic mass is 19.3. The third-order valence-corrected chi connectivity index (χ3v) is 5.64. The van der Waals surface area contributed by atoms with E-state index in [1.54, 1.807) is 18.2 Å². The predicted octanol–water partition coefficient (Wildman–Crippen LogP) is 4.20. The van der Waals surface area contributed by atoms with E-state index in [9.17, 15) is 13.6 Å². The zero-order chi connectivity index (χ0) is 20.2. The largest absolute Gasteiger partial charge is 0.435 e. The van der Waals surface area contributed by atoms with Crippen LogP contribution in [-0.2, 0) is 6.42 Å². The number of ether oxygens (including phenoxy) is 1. The Morgan fingerprint density at radius 2 is 1.83 bits per heavy atom. The van der Waals surface area contributed by atoms with E-state index in [4.69, 9.17) is 0 Å². The zero-order valence-corrected chi connectivity index (χ0v) is 16.2. The lowest BCUT2D eigenvalue weighted by Crippen LogP contribution is -2.52. The van der Waals surface area contributed by atoms with Crippen molar-refractivity contribution in [1.29, 1.82) is 0 Å². The lowest BCUT2D eigenvalue weighted by atomic mass is 9.87. The van der Waals surface area contributed by atoms with E-state index in [1.165, 1.54) is 5.69 Å². The first kappa shape index (κ1) is 19.5. The molecule has 1 N–H and O–H groups in total. The molecule has 1 aliphatic carbocycles. The third kappa shape index (κ3) is 4.60. The summed E-state index contributed by atoms with van der Waals surface area (Å²) in [5, 5.41) is 3.14. The summed E-state index contributed by atoms with van der Waals surface area (Å²) in [6.07, 6.45) is 2.55. The van der Waals surface area contributed by atoms with Crippen molar-refractivity contribution >= 4 is 11.7 Å². The summed E-state index contributed by atoms with van der Waals surface area (Å²) in [5.74, 6) is 0.169. The standard InChI is InChI=1S/C22H25F2N3O2/c23-21(24)29-18-9-10-19-16(15-18)5-4-8-20(19)25-22(28)27-13-11-26(12-14-27)17-6-2-1-3-7-17/h1-3,6-7,9-10,15,20-21H,4-5,8,11-14H2,(H,25,28). The highest BCUT2D eigenvalue weighted by Crippen LogP contribution is 2.33. The number of carbonyl (C=O) groups excluding carboxylic acids is 1. The zero-order valence-electron chi connectivity index (χ0n) is 16.2. The highest BCUT2D eigenvalue weighted by Gasteiger charge is 2.26. The van der Waals surface area contributed by atoms with Gasteiger partial charge in [0.25, 0.3) is 0 Å². The Labute approximate surface area is 169 Å². The summed E-state index contributed by atoms with van der Waals surface area (Å²) in [4.78, 5) is 16.9. The first-order chi connectivity index (χ1) is 14.1. The number of benzene rings is 2. The minimum Gasteiger partial charge on any atom is -0.435 e. The number of urea groups is 1. The lowest BCUT2D eigenvalue weighted by molar-refractivity contribution is -0.0499. The first-order valence-electron chi connectivity index (χ1n) is 10.0. The molecule has 2 aliphatic rings. The van der Waals surface area contributed by atoms with Crippen LogP contribution in [0.4, 0.5) is 19.3 Å². The van der Waals surface area contributed by atoms with E-state index in [1.807, 2.05) is 23.1 Å². The van der Waals surface area contributed by atoms with Gasteiger partial charge in [0.2, 0.25) is 0 Å². The number of amides is 2. The number of aryl methyl sites for hydroxylation is 1. The normalized spacial score (nSPS) is 19.1. The van der Waals surface area contributed by atoms with Gasteiger partial charge in [0.05, 0.1) is 6.04 Å². The van der Waals surface area contributed by atoms with Crippen LogP contribution in [0.1, 0.15) is 30.0 Å². The van der Waals surface area contributed by atoms with Gasteiger partial charge in [-0.2, -0.15) is 8.78 Å². The molecule has 154 valence electrons. The number of para-hydroxylation sites is 1. The number of fused-ring (bicyclic) bond motifs is 1. The van der Waals surface area contributed by atoms with Crippen molar-refractivity contribution in [2.45, 2.75) is 31.9 Å². The molecule has 2 amide bonds. The van der Waals surface area contributed by atoms with E-state index in [2.05, 4.69) is 27.1 Å². The van der Waals surface area contributed by atoms with Gasteiger partial charge in [0, 0.05) is 31.9 Å². The summed E-state index contributed by atoms with van der Waals surface area (Å²) < 4.78 is 29.4. The molecule has 0 saturated carbocycles. The fraction of sp³-hybridized carbons (Fsp3) is 0.409. The second-order valence-corrected chi connectivity index (χ2v) is 7.44. The Morgan fingerprint density at radius 3 is 2.55 bits per heavy atom. The van der Waals surface area contributed by atoms with Crippen molar-refractivity contribution in [3.05, 3.63) is 59.7 Å². The molecule has 29 heavy (non-hydrogen) atoms. The van der Waals surface area contributed by atoms with Crippen LogP contribution in [0, 0.1) is 0 Å². The molecule has 1 atom stereocenters. The van der Waals surface area contributed by atoms with Crippen molar-refractivity contribution in [3.63, 3.8) is 0 Å². The number of hydrogen-bond donors (Lipinski definition) is 1. The molecule has 0 radical (unpaired) electrons. The van der Waals surface area contributed by atoms with Crippen LogP contribution in [0.15, 0.2) is 48.5 Å². The van der Waals surface area contributed by atoms with Crippen LogP contribution in [-0.4, -0.2) is 43.7 Å². The number of nitrogens with zero attached hydrogens (tertiary/aromatic N) is 2. The second-order valence-electron chi connectivity index (χ2n) is 7.44. The topological polar surface area (TPSA) is 44.8 Å². The fourth-order valence-corrected chi connectivity index (χ4v) is 4.16. The minimum atomic E-state index is -2.83. The van der Waals surface area contributed by atoms with E-state index in [0.717, 1.165) is 43.5 Å². The van der Waals surface area contributed by atoms with Crippen molar-refractivity contribution in [3.8, 4) is 5.75 Å². The number of nitrogens with one attached hydrogen (secondary N) is 1. The van der Waals surface area contributed by atoms with Crippen LogP contribution in [0.2, 0.25) is 0 Å². The minimum absolute atomic E-state index is 0.0662. The molecule has 4 rings (SSSR count). The van der Waals surface area contributed by atoms with Crippen LogP contribution in [0.25, 0.3) is 0 Å². The van der Waals surface area contributed by atoms with Crippen LogP contribution >= 0.6 is 0 Å². The lowest BCUT2D eigenvalue weighted by Gasteiger charge is -2.37. The smallest absolute Gasteiger partial charge is 0.387 e. The Bertz CT molecular complexity index is 839. The number of carbonyl (C=O) groups is 1. The van der Waals surface area contributed by atoms with Crippen LogP contribution in [0.3, 0.4) is 0 Å². The van der Waals surface area contributed by atoms with Gasteiger partial charge in [-0.3, -0.25) is 0 Å². The molecule has 0 spiro atoms. The maximum absolute atomic E-state index is 12.8. The molecular formula is C22H25F2N3O2. The average Bonchev–Trinajstić information content (AvgIpc) is 2.74. The Kier molecular flexibility index (Phi) is 5.83. The summed E-state index contributed by atoms with van der Waals surface area (Å²) in [6, 6.07) is 15.1. The van der Waals surface area contributed by atoms with Gasteiger partial charge < -0.3 is 19.9 Å². The Hall–Kier alpha value is -2.83. The number of alkyl halides is 2. The van der Waals surface area contributed by atoms with Crippen molar-refractivity contribution in [2.24, 2.45) is 0 Å². The molecule has 0 bridgehead atoms. The van der Waals surface area contributed by atoms with Gasteiger partial charge in [-0.25, -0.2) is 4.79 Å². The fourth-order valence-electron chi connectivity index (χ4n) is 4.16. The average molecular weight is 401 g/mol.